The van der Waals surface area contributed by atoms with E-state index in [0.29, 0.717) is 6.42 Å². The molecule has 3 unspecified atom stereocenters. The Morgan fingerprint density at radius 3 is 2.23 bits per heavy atom. The first-order valence-corrected chi connectivity index (χ1v) is 7.48. The van der Waals surface area contributed by atoms with Crippen LogP contribution < -0.4 is 0 Å². The lowest BCUT2D eigenvalue weighted by atomic mass is 9.83. The minimum Gasteiger partial charge on any atom is -0.508 e. The summed E-state index contributed by atoms with van der Waals surface area (Å²) in [7, 11) is 1.32. The van der Waals surface area contributed by atoms with Gasteiger partial charge < -0.3 is 14.9 Å². The monoisotopic (exact) mass is 308 g/mol. The minimum atomic E-state index is -0.911. The number of ether oxygens (including phenoxy) is 1. The predicted octanol–water partition coefficient (Wildman–Crippen LogP) is 3.18. The van der Waals surface area contributed by atoms with Crippen LogP contribution in [0.4, 0.5) is 0 Å². The van der Waals surface area contributed by atoms with Gasteiger partial charge in [-0.05, 0) is 42.9 Å². The van der Waals surface area contributed by atoms with Gasteiger partial charge in [0.15, 0.2) is 0 Å². The first-order chi connectivity index (χ1) is 10.4. The number of carboxylic acids is 1. The van der Waals surface area contributed by atoms with Gasteiger partial charge in [0.05, 0.1) is 18.9 Å². The topological polar surface area (TPSA) is 83.8 Å². The van der Waals surface area contributed by atoms with Crippen LogP contribution in [0.15, 0.2) is 24.3 Å². The number of hydrogen-bond donors (Lipinski definition) is 2. The summed E-state index contributed by atoms with van der Waals surface area (Å²) in [5.74, 6) is -2.01. The fourth-order valence-electron chi connectivity index (χ4n) is 2.61. The van der Waals surface area contributed by atoms with Gasteiger partial charge in [-0.3, -0.25) is 9.59 Å². The van der Waals surface area contributed by atoms with Gasteiger partial charge >= 0.3 is 11.9 Å². The highest BCUT2D eigenvalue weighted by Gasteiger charge is 2.28. The zero-order valence-corrected chi connectivity index (χ0v) is 13.3. The van der Waals surface area contributed by atoms with E-state index in [2.05, 4.69) is 0 Å². The molecule has 0 heterocycles. The van der Waals surface area contributed by atoms with Gasteiger partial charge in [0.25, 0.3) is 0 Å². The van der Waals surface area contributed by atoms with Crippen LogP contribution in [0.25, 0.3) is 0 Å². The Balaban J connectivity index is 2.87. The number of phenols is 1. The van der Waals surface area contributed by atoms with E-state index in [0.717, 1.165) is 12.0 Å². The van der Waals surface area contributed by atoms with E-state index in [1.54, 1.807) is 19.1 Å². The maximum atomic E-state index is 12.0. The van der Waals surface area contributed by atoms with Gasteiger partial charge in [-0.25, -0.2) is 0 Å². The van der Waals surface area contributed by atoms with Crippen LogP contribution in [-0.2, 0) is 14.3 Å². The van der Waals surface area contributed by atoms with Crippen molar-refractivity contribution in [2.45, 2.75) is 39.0 Å². The molecule has 0 aliphatic heterocycles. The molecule has 3 atom stereocenters. The van der Waals surface area contributed by atoms with Crippen molar-refractivity contribution in [3.05, 3.63) is 29.8 Å². The highest BCUT2D eigenvalue weighted by molar-refractivity contribution is 5.74. The van der Waals surface area contributed by atoms with Crippen molar-refractivity contribution < 1.29 is 24.5 Å². The fourth-order valence-corrected chi connectivity index (χ4v) is 2.61. The molecule has 1 aromatic carbocycles. The van der Waals surface area contributed by atoms with Crippen LogP contribution in [0, 0.1) is 11.8 Å². The molecule has 0 fully saturated rings. The first-order valence-electron chi connectivity index (χ1n) is 7.48. The molecule has 0 amide bonds. The third-order valence-electron chi connectivity index (χ3n) is 4.02. The maximum absolute atomic E-state index is 12.0. The Morgan fingerprint density at radius 1 is 1.18 bits per heavy atom. The number of rotatable bonds is 8. The number of esters is 1. The number of carbonyl (C=O) groups is 2. The molecule has 22 heavy (non-hydrogen) atoms. The standard InChI is InChI=1S/C17H24O5/c1-4-12(13-5-7-15(18)8-6-13)10-14(17(21)22-3)9-11(2)16(19)20/h5-8,11-12,14,18H,4,9-10H2,1-3H3,(H,19,20). The Bertz CT molecular complexity index is 494. The Hall–Kier alpha value is -2.04. The van der Waals surface area contributed by atoms with Crippen molar-refractivity contribution in [1.29, 1.82) is 0 Å². The second-order valence-corrected chi connectivity index (χ2v) is 5.63. The average molecular weight is 308 g/mol. The summed E-state index contributed by atoms with van der Waals surface area (Å²) < 4.78 is 4.82. The van der Waals surface area contributed by atoms with Gasteiger partial charge in [-0.15, -0.1) is 0 Å². The molecule has 0 aliphatic carbocycles. The molecule has 0 saturated carbocycles. The minimum absolute atomic E-state index is 0.116. The highest BCUT2D eigenvalue weighted by Crippen LogP contribution is 2.31. The molecule has 2 N–H and O–H groups in total. The van der Waals surface area contributed by atoms with Crippen molar-refractivity contribution >= 4 is 11.9 Å². The second-order valence-electron chi connectivity index (χ2n) is 5.63. The summed E-state index contributed by atoms with van der Waals surface area (Å²) in [4.78, 5) is 23.0. The Labute approximate surface area is 130 Å². The van der Waals surface area contributed by atoms with Gasteiger partial charge in [0.1, 0.15) is 5.75 Å². The summed E-state index contributed by atoms with van der Waals surface area (Å²) in [5.41, 5.74) is 1.03. The number of hydrogen-bond acceptors (Lipinski definition) is 4. The molecule has 5 heteroatoms. The highest BCUT2D eigenvalue weighted by atomic mass is 16.5. The molecule has 0 bridgehead atoms. The Kier molecular flexibility index (Phi) is 6.89. The van der Waals surface area contributed by atoms with Gasteiger partial charge in [-0.2, -0.15) is 0 Å². The van der Waals surface area contributed by atoms with Crippen LogP contribution in [0.2, 0.25) is 0 Å². The van der Waals surface area contributed by atoms with E-state index in [1.165, 1.54) is 7.11 Å². The molecule has 0 saturated heterocycles. The molecule has 122 valence electrons. The number of phenolic OH excluding ortho intramolecular Hbond substituents is 1. The largest absolute Gasteiger partial charge is 0.508 e. The number of aliphatic carboxylic acids is 1. The van der Waals surface area contributed by atoms with E-state index >= 15 is 0 Å². The van der Waals surface area contributed by atoms with Crippen LogP contribution >= 0.6 is 0 Å². The lowest BCUT2D eigenvalue weighted by Gasteiger charge is -2.22. The smallest absolute Gasteiger partial charge is 0.308 e. The second kappa shape index (κ2) is 8.41. The maximum Gasteiger partial charge on any atom is 0.308 e. The lowest BCUT2D eigenvalue weighted by Crippen LogP contribution is -2.24. The van der Waals surface area contributed by atoms with Crippen LogP contribution in [0.3, 0.4) is 0 Å². The van der Waals surface area contributed by atoms with E-state index in [1.807, 2.05) is 19.1 Å². The van der Waals surface area contributed by atoms with Crippen molar-refractivity contribution in [1.82, 2.24) is 0 Å². The van der Waals surface area contributed by atoms with Crippen molar-refractivity contribution in [2.75, 3.05) is 7.11 Å². The van der Waals surface area contributed by atoms with E-state index in [4.69, 9.17) is 9.84 Å². The number of carboxylic acid groups (broad SMARTS) is 1. The van der Waals surface area contributed by atoms with Gasteiger partial charge in [-0.1, -0.05) is 26.0 Å². The third kappa shape index (κ3) is 5.06. The van der Waals surface area contributed by atoms with Gasteiger partial charge in [0.2, 0.25) is 0 Å². The molecule has 0 radical (unpaired) electrons. The van der Waals surface area contributed by atoms with E-state index < -0.39 is 17.8 Å². The van der Waals surface area contributed by atoms with E-state index in [-0.39, 0.29) is 24.1 Å². The molecule has 5 nitrogen and oxygen atoms in total. The number of methoxy groups -OCH3 is 1. The normalized spacial score (nSPS) is 14.9. The van der Waals surface area contributed by atoms with Gasteiger partial charge in [0, 0.05) is 0 Å². The Morgan fingerprint density at radius 2 is 1.77 bits per heavy atom. The zero-order valence-electron chi connectivity index (χ0n) is 13.3. The number of benzene rings is 1. The van der Waals surface area contributed by atoms with Crippen molar-refractivity contribution in [3.8, 4) is 5.75 Å². The number of carbonyl (C=O) groups excluding carboxylic acids is 1. The van der Waals surface area contributed by atoms with E-state index in [9.17, 15) is 14.7 Å². The van der Waals surface area contributed by atoms with Crippen LogP contribution in [0.1, 0.15) is 44.6 Å². The predicted molar refractivity (Wildman–Crippen MR) is 82.7 cm³/mol. The average Bonchev–Trinajstić information content (AvgIpc) is 2.51. The summed E-state index contributed by atoms with van der Waals surface area (Å²) in [6, 6.07) is 6.90. The van der Waals surface area contributed by atoms with Crippen molar-refractivity contribution in [3.63, 3.8) is 0 Å². The zero-order chi connectivity index (χ0) is 16.7. The quantitative estimate of drug-likeness (QED) is 0.721. The van der Waals surface area contributed by atoms with Crippen LogP contribution in [0.5, 0.6) is 5.75 Å². The molecular weight excluding hydrogens is 284 g/mol. The molecule has 1 aromatic rings. The lowest BCUT2D eigenvalue weighted by molar-refractivity contribution is -0.148. The summed E-state index contributed by atoms with van der Waals surface area (Å²) >= 11 is 0. The fraction of sp³-hybridized carbons (Fsp3) is 0.529. The molecular formula is C17H24O5. The first kappa shape index (κ1) is 18.0. The molecule has 0 spiro atoms. The summed E-state index contributed by atoms with van der Waals surface area (Å²) in [5, 5.41) is 18.4. The van der Waals surface area contributed by atoms with Crippen LogP contribution in [-0.4, -0.2) is 29.3 Å². The molecule has 0 aliphatic rings. The summed E-state index contributed by atoms with van der Waals surface area (Å²) in [6.07, 6.45) is 1.61. The SMILES string of the molecule is CCC(CC(CC(C)C(=O)O)C(=O)OC)c1ccc(O)cc1. The molecule has 0 aromatic heterocycles. The third-order valence-corrected chi connectivity index (χ3v) is 4.02. The number of aromatic hydroxyl groups is 1. The van der Waals surface area contributed by atoms with Crippen molar-refractivity contribution in [2.24, 2.45) is 11.8 Å². The summed E-state index contributed by atoms with van der Waals surface area (Å²) in [6.45, 7) is 3.62. The molecule has 1 rings (SSSR count).